The van der Waals surface area contributed by atoms with E-state index in [2.05, 4.69) is 0 Å². The van der Waals surface area contributed by atoms with Gasteiger partial charge in [0.1, 0.15) is 5.75 Å². The minimum absolute atomic E-state index is 0.105. The van der Waals surface area contributed by atoms with Crippen LogP contribution in [-0.2, 0) is 0 Å². The van der Waals surface area contributed by atoms with Crippen LogP contribution in [0.15, 0.2) is 18.2 Å². The van der Waals surface area contributed by atoms with E-state index in [-0.39, 0.29) is 12.3 Å². The summed E-state index contributed by atoms with van der Waals surface area (Å²) < 4.78 is 0. The molecule has 0 saturated carbocycles. The Morgan fingerprint density at radius 1 is 1.50 bits per heavy atom. The number of benzene rings is 1. The molecule has 1 aromatic carbocycles. The smallest absolute Gasteiger partial charge is 0.121 e. The second-order valence-corrected chi connectivity index (χ2v) is 2.81. The normalized spacial score (nSPS) is 12.9. The number of phenols is 1. The van der Waals surface area contributed by atoms with Crippen LogP contribution in [0.4, 0.5) is 0 Å². The summed E-state index contributed by atoms with van der Waals surface area (Å²) >= 11 is 0. The van der Waals surface area contributed by atoms with Crippen molar-refractivity contribution >= 4 is 0 Å². The SMILES string of the molecule is Cc1ccc([C@H](O)CN)c(O)c1. The van der Waals surface area contributed by atoms with Gasteiger partial charge in [0, 0.05) is 12.1 Å². The van der Waals surface area contributed by atoms with Crippen molar-refractivity contribution in [1.82, 2.24) is 0 Å². The van der Waals surface area contributed by atoms with Crippen LogP contribution in [0.2, 0.25) is 0 Å². The minimum atomic E-state index is -0.773. The van der Waals surface area contributed by atoms with E-state index < -0.39 is 6.10 Å². The second kappa shape index (κ2) is 3.56. The average molecular weight is 167 g/mol. The highest BCUT2D eigenvalue weighted by molar-refractivity contribution is 5.37. The van der Waals surface area contributed by atoms with Gasteiger partial charge in [-0.1, -0.05) is 12.1 Å². The maximum atomic E-state index is 9.38. The molecule has 3 heteroatoms. The van der Waals surface area contributed by atoms with Gasteiger partial charge in [-0.25, -0.2) is 0 Å². The number of aryl methyl sites for hydroxylation is 1. The Labute approximate surface area is 71.5 Å². The van der Waals surface area contributed by atoms with Gasteiger partial charge in [-0.15, -0.1) is 0 Å². The van der Waals surface area contributed by atoms with Crippen LogP contribution < -0.4 is 5.73 Å². The van der Waals surface area contributed by atoms with Crippen LogP contribution in [0.25, 0.3) is 0 Å². The van der Waals surface area contributed by atoms with Crippen molar-refractivity contribution in [3.8, 4) is 5.75 Å². The predicted octanol–water partition coefficient (Wildman–Crippen LogP) is 0.693. The number of rotatable bonds is 2. The maximum absolute atomic E-state index is 9.38. The molecule has 4 N–H and O–H groups in total. The molecule has 66 valence electrons. The molecule has 0 bridgehead atoms. The zero-order valence-corrected chi connectivity index (χ0v) is 6.99. The number of phenolic OH excluding ortho intramolecular Hbond substituents is 1. The van der Waals surface area contributed by atoms with Crippen molar-refractivity contribution in [2.75, 3.05) is 6.54 Å². The highest BCUT2D eigenvalue weighted by Crippen LogP contribution is 2.24. The van der Waals surface area contributed by atoms with Crippen LogP contribution in [0.5, 0.6) is 5.75 Å². The lowest BCUT2D eigenvalue weighted by atomic mass is 10.1. The van der Waals surface area contributed by atoms with Crippen LogP contribution >= 0.6 is 0 Å². The molecule has 0 aliphatic carbocycles. The fourth-order valence-corrected chi connectivity index (χ4v) is 1.06. The van der Waals surface area contributed by atoms with Gasteiger partial charge in [0.15, 0.2) is 0 Å². The van der Waals surface area contributed by atoms with Gasteiger partial charge in [-0.2, -0.15) is 0 Å². The third-order valence-electron chi connectivity index (χ3n) is 1.77. The molecular formula is C9H13NO2. The largest absolute Gasteiger partial charge is 0.508 e. The number of hydrogen-bond donors (Lipinski definition) is 3. The summed E-state index contributed by atoms with van der Waals surface area (Å²) in [7, 11) is 0. The fourth-order valence-electron chi connectivity index (χ4n) is 1.06. The van der Waals surface area contributed by atoms with Crippen molar-refractivity contribution in [2.24, 2.45) is 5.73 Å². The molecular weight excluding hydrogens is 154 g/mol. The molecule has 1 aromatic rings. The highest BCUT2D eigenvalue weighted by atomic mass is 16.3. The number of aliphatic hydroxyl groups is 1. The first-order chi connectivity index (χ1) is 5.65. The zero-order chi connectivity index (χ0) is 9.14. The van der Waals surface area contributed by atoms with Gasteiger partial charge in [0.05, 0.1) is 6.10 Å². The predicted molar refractivity (Wildman–Crippen MR) is 46.9 cm³/mol. The lowest BCUT2D eigenvalue weighted by molar-refractivity contribution is 0.182. The molecule has 0 radical (unpaired) electrons. The number of aliphatic hydroxyl groups excluding tert-OH is 1. The molecule has 0 aliphatic heterocycles. The number of nitrogens with two attached hydrogens (primary N) is 1. The summed E-state index contributed by atoms with van der Waals surface area (Å²) in [6.07, 6.45) is -0.773. The van der Waals surface area contributed by atoms with E-state index in [1.54, 1.807) is 12.1 Å². The van der Waals surface area contributed by atoms with Gasteiger partial charge >= 0.3 is 0 Å². The van der Waals surface area contributed by atoms with Crippen LogP contribution in [0, 0.1) is 6.92 Å². The molecule has 0 unspecified atom stereocenters. The Morgan fingerprint density at radius 2 is 2.17 bits per heavy atom. The van der Waals surface area contributed by atoms with Gasteiger partial charge in [-0.05, 0) is 18.6 Å². The molecule has 1 atom stereocenters. The summed E-state index contributed by atoms with van der Waals surface area (Å²) in [5.41, 5.74) is 6.70. The Bertz CT molecular complexity index is 273. The lowest BCUT2D eigenvalue weighted by Gasteiger charge is -2.10. The van der Waals surface area contributed by atoms with E-state index in [0.717, 1.165) is 5.56 Å². The number of aromatic hydroxyl groups is 1. The van der Waals surface area contributed by atoms with E-state index >= 15 is 0 Å². The van der Waals surface area contributed by atoms with Gasteiger partial charge in [0.2, 0.25) is 0 Å². The lowest BCUT2D eigenvalue weighted by Crippen LogP contribution is -2.11. The van der Waals surface area contributed by atoms with E-state index in [4.69, 9.17) is 5.73 Å². The highest BCUT2D eigenvalue weighted by Gasteiger charge is 2.09. The summed E-state index contributed by atoms with van der Waals surface area (Å²) in [4.78, 5) is 0. The third-order valence-corrected chi connectivity index (χ3v) is 1.77. The Kier molecular flexibility index (Phi) is 2.68. The van der Waals surface area contributed by atoms with E-state index in [0.29, 0.717) is 5.56 Å². The maximum Gasteiger partial charge on any atom is 0.121 e. The molecule has 0 heterocycles. The Hall–Kier alpha value is -1.06. The van der Waals surface area contributed by atoms with Gasteiger partial charge in [-0.3, -0.25) is 0 Å². The molecule has 0 fully saturated rings. The first kappa shape index (κ1) is 9.03. The van der Waals surface area contributed by atoms with Crippen molar-refractivity contribution < 1.29 is 10.2 Å². The van der Waals surface area contributed by atoms with Crippen molar-refractivity contribution in [1.29, 1.82) is 0 Å². The molecule has 0 amide bonds. The number of hydrogen-bond acceptors (Lipinski definition) is 3. The Morgan fingerprint density at radius 3 is 2.67 bits per heavy atom. The summed E-state index contributed by atoms with van der Waals surface area (Å²) in [6.45, 7) is 1.99. The van der Waals surface area contributed by atoms with Crippen molar-refractivity contribution in [2.45, 2.75) is 13.0 Å². The molecule has 0 aromatic heterocycles. The standard InChI is InChI=1S/C9H13NO2/c1-6-2-3-7(8(11)4-6)9(12)5-10/h2-4,9,11-12H,5,10H2,1H3/t9-/m1/s1. The summed E-state index contributed by atoms with van der Waals surface area (Å²) in [5, 5.41) is 18.7. The van der Waals surface area contributed by atoms with Crippen molar-refractivity contribution in [3.63, 3.8) is 0 Å². The minimum Gasteiger partial charge on any atom is -0.508 e. The fraction of sp³-hybridized carbons (Fsp3) is 0.333. The summed E-state index contributed by atoms with van der Waals surface area (Å²) in [6, 6.07) is 5.12. The first-order valence-electron chi connectivity index (χ1n) is 3.83. The zero-order valence-electron chi connectivity index (χ0n) is 6.99. The molecule has 1 rings (SSSR count). The van der Waals surface area contributed by atoms with Crippen LogP contribution in [0.1, 0.15) is 17.2 Å². The molecule has 3 nitrogen and oxygen atoms in total. The Balaban J connectivity index is 3.01. The van der Waals surface area contributed by atoms with E-state index in [1.165, 1.54) is 0 Å². The van der Waals surface area contributed by atoms with E-state index in [9.17, 15) is 10.2 Å². The second-order valence-electron chi connectivity index (χ2n) is 2.81. The average Bonchev–Trinajstić information content (AvgIpc) is 2.03. The first-order valence-corrected chi connectivity index (χ1v) is 3.83. The quantitative estimate of drug-likeness (QED) is 0.607. The molecule has 12 heavy (non-hydrogen) atoms. The molecule has 0 aliphatic rings. The monoisotopic (exact) mass is 167 g/mol. The third kappa shape index (κ3) is 1.75. The van der Waals surface area contributed by atoms with Crippen LogP contribution in [0.3, 0.4) is 0 Å². The summed E-state index contributed by atoms with van der Waals surface area (Å²) in [5.74, 6) is 0.105. The molecule has 0 saturated heterocycles. The van der Waals surface area contributed by atoms with Gasteiger partial charge in [0.25, 0.3) is 0 Å². The van der Waals surface area contributed by atoms with Crippen LogP contribution in [-0.4, -0.2) is 16.8 Å². The molecule has 0 spiro atoms. The van der Waals surface area contributed by atoms with E-state index in [1.807, 2.05) is 13.0 Å². The van der Waals surface area contributed by atoms with Gasteiger partial charge < -0.3 is 15.9 Å². The topological polar surface area (TPSA) is 66.5 Å². The van der Waals surface area contributed by atoms with Crippen molar-refractivity contribution in [3.05, 3.63) is 29.3 Å².